The summed E-state index contributed by atoms with van der Waals surface area (Å²) in [5.41, 5.74) is 18.5. The average molecular weight is 801 g/mol. The molecule has 0 saturated carbocycles. The number of aryl methyl sites for hydroxylation is 2. The lowest BCUT2D eigenvalue weighted by Crippen LogP contribution is -2.25. The standard InChI is InChI=1S/C42H38S2.C15H14/c1-5-24-42(25-6-2)37-26-33(40-21-8-28(4)43-40)17-19-35(37)36-20-18-34(27-38(36)42)41-23-22-39(44-41)32-15-13-31(14-16-32)30-11-9-29(7-3)10-12-30;1-3-13-6-10-15(11-7-13)14-8-4-12(2)5-9-14/h7-23,26-27H,3,5-6,24-25H2,1-2,4H3;3-11H,1H2,2H3. The number of hydrogen-bond donors (Lipinski definition) is 0. The van der Waals surface area contributed by atoms with Crippen LogP contribution in [0.2, 0.25) is 0 Å². The van der Waals surface area contributed by atoms with Gasteiger partial charge in [0.1, 0.15) is 0 Å². The maximum atomic E-state index is 3.87. The monoisotopic (exact) mass is 800 g/mol. The van der Waals surface area contributed by atoms with E-state index in [1.165, 1.54) is 112 Å². The van der Waals surface area contributed by atoms with Gasteiger partial charge in [-0.15, -0.1) is 22.7 Å². The van der Waals surface area contributed by atoms with Gasteiger partial charge in [-0.25, -0.2) is 0 Å². The van der Waals surface area contributed by atoms with Crippen LogP contribution in [0, 0.1) is 13.8 Å². The largest absolute Gasteiger partial charge is 0.141 e. The third kappa shape index (κ3) is 8.26. The molecule has 59 heavy (non-hydrogen) atoms. The minimum Gasteiger partial charge on any atom is -0.141 e. The fraction of sp³-hybridized carbons (Fsp3) is 0.158. The molecule has 292 valence electrons. The molecule has 0 unspecified atom stereocenters. The Bertz CT molecular complexity index is 2690. The molecular formula is C57H52S2. The molecule has 0 bridgehead atoms. The van der Waals surface area contributed by atoms with E-state index in [2.05, 4.69) is 199 Å². The molecule has 1 aliphatic carbocycles. The van der Waals surface area contributed by atoms with E-state index in [1.807, 2.05) is 34.8 Å². The molecule has 0 nitrogen and oxygen atoms in total. The van der Waals surface area contributed by atoms with Crippen LogP contribution in [0.25, 0.3) is 76.9 Å². The molecule has 1 aliphatic rings. The van der Waals surface area contributed by atoms with Crippen LogP contribution in [0.15, 0.2) is 171 Å². The zero-order chi connectivity index (χ0) is 40.9. The van der Waals surface area contributed by atoms with E-state index in [4.69, 9.17) is 0 Å². The van der Waals surface area contributed by atoms with E-state index in [1.54, 1.807) is 0 Å². The van der Waals surface area contributed by atoms with Gasteiger partial charge in [-0.1, -0.05) is 179 Å². The average Bonchev–Trinajstić information content (AvgIpc) is 4.02. The van der Waals surface area contributed by atoms with Crippen LogP contribution < -0.4 is 0 Å². The van der Waals surface area contributed by atoms with Crippen LogP contribution in [0.1, 0.15) is 72.2 Å². The van der Waals surface area contributed by atoms with Crippen LogP contribution in [-0.2, 0) is 5.41 Å². The molecule has 0 N–H and O–H groups in total. The minimum atomic E-state index is 0.0618. The van der Waals surface area contributed by atoms with Gasteiger partial charge in [0.2, 0.25) is 0 Å². The molecule has 2 aromatic heterocycles. The normalized spacial score (nSPS) is 12.3. The summed E-state index contributed by atoms with van der Waals surface area (Å²) < 4.78 is 0. The number of fused-ring (bicyclic) bond motifs is 3. The van der Waals surface area contributed by atoms with E-state index in [0.717, 1.165) is 11.1 Å². The van der Waals surface area contributed by atoms with Crippen molar-refractivity contribution in [3.63, 3.8) is 0 Å². The molecular weight excluding hydrogens is 749 g/mol. The first kappa shape index (κ1) is 40.0. The van der Waals surface area contributed by atoms with Gasteiger partial charge in [-0.3, -0.25) is 0 Å². The number of benzene rings is 6. The maximum absolute atomic E-state index is 3.87. The molecule has 0 aliphatic heterocycles. The molecule has 0 amide bonds. The molecule has 9 rings (SSSR count). The van der Waals surface area contributed by atoms with E-state index in [0.29, 0.717) is 0 Å². The first-order valence-corrected chi connectivity index (χ1v) is 22.5. The summed E-state index contributed by atoms with van der Waals surface area (Å²) in [6.07, 6.45) is 8.44. The van der Waals surface area contributed by atoms with Crippen molar-refractivity contribution in [1.82, 2.24) is 0 Å². The first-order chi connectivity index (χ1) is 28.8. The second kappa shape index (κ2) is 17.6. The van der Waals surface area contributed by atoms with E-state index < -0.39 is 0 Å². The lowest BCUT2D eigenvalue weighted by molar-refractivity contribution is 0.436. The molecule has 6 aromatic carbocycles. The van der Waals surface area contributed by atoms with Gasteiger partial charge < -0.3 is 0 Å². The Hall–Kier alpha value is -5.80. The van der Waals surface area contributed by atoms with Crippen molar-refractivity contribution < 1.29 is 0 Å². The summed E-state index contributed by atoms with van der Waals surface area (Å²) in [4.78, 5) is 5.38. The highest BCUT2D eigenvalue weighted by Gasteiger charge is 2.42. The molecule has 2 heterocycles. The van der Waals surface area contributed by atoms with Gasteiger partial charge in [0.25, 0.3) is 0 Å². The smallest absolute Gasteiger partial charge is 0.0349 e. The highest BCUT2D eigenvalue weighted by atomic mass is 32.1. The lowest BCUT2D eigenvalue weighted by atomic mass is 9.71. The Morgan fingerprint density at radius 2 is 0.797 bits per heavy atom. The van der Waals surface area contributed by atoms with Crippen LogP contribution in [0.4, 0.5) is 0 Å². The van der Waals surface area contributed by atoms with Crippen LogP contribution in [0.5, 0.6) is 0 Å². The summed E-state index contributed by atoms with van der Waals surface area (Å²) in [7, 11) is 0. The van der Waals surface area contributed by atoms with Crippen molar-refractivity contribution in [3.8, 4) is 64.7 Å². The molecule has 2 heteroatoms. The zero-order valence-electron chi connectivity index (χ0n) is 34.7. The van der Waals surface area contributed by atoms with E-state index in [9.17, 15) is 0 Å². The number of rotatable bonds is 11. The lowest BCUT2D eigenvalue weighted by Gasteiger charge is -2.32. The molecule has 0 spiro atoms. The van der Waals surface area contributed by atoms with E-state index >= 15 is 0 Å². The van der Waals surface area contributed by atoms with Gasteiger partial charge in [-0.2, -0.15) is 0 Å². The number of thiophene rings is 2. The summed E-state index contributed by atoms with van der Waals surface area (Å²) in [6, 6.07) is 58.2. The summed E-state index contributed by atoms with van der Waals surface area (Å²) in [5, 5.41) is 0. The first-order valence-electron chi connectivity index (χ1n) is 20.9. The van der Waals surface area contributed by atoms with Crippen molar-refractivity contribution in [1.29, 1.82) is 0 Å². The summed E-state index contributed by atoms with van der Waals surface area (Å²) in [6.45, 7) is 16.6. The predicted octanol–water partition coefficient (Wildman–Crippen LogP) is 17.6. The molecule has 0 radical (unpaired) electrons. The molecule has 0 saturated heterocycles. The predicted molar refractivity (Wildman–Crippen MR) is 262 cm³/mol. The molecule has 8 aromatic rings. The van der Waals surface area contributed by atoms with Gasteiger partial charge >= 0.3 is 0 Å². The molecule has 0 atom stereocenters. The molecule has 0 fully saturated rings. The topological polar surface area (TPSA) is 0 Å². The Morgan fingerprint density at radius 3 is 1.22 bits per heavy atom. The third-order valence-corrected chi connectivity index (χ3v) is 14.0. The third-order valence-electron chi connectivity index (χ3n) is 11.8. The van der Waals surface area contributed by atoms with Gasteiger partial charge in [0.05, 0.1) is 0 Å². The summed E-state index contributed by atoms with van der Waals surface area (Å²) >= 11 is 3.79. The second-order valence-corrected chi connectivity index (χ2v) is 18.1. The van der Waals surface area contributed by atoms with Crippen molar-refractivity contribution in [2.24, 2.45) is 0 Å². The Labute approximate surface area is 359 Å². The van der Waals surface area contributed by atoms with Gasteiger partial charge in [-0.05, 0) is 135 Å². The Balaban J connectivity index is 0.000000271. The maximum Gasteiger partial charge on any atom is 0.0349 e. The van der Waals surface area contributed by atoms with Crippen LogP contribution >= 0.6 is 22.7 Å². The van der Waals surface area contributed by atoms with Crippen molar-refractivity contribution >= 4 is 34.8 Å². The van der Waals surface area contributed by atoms with Gasteiger partial charge in [0.15, 0.2) is 0 Å². The van der Waals surface area contributed by atoms with Crippen molar-refractivity contribution in [2.45, 2.75) is 58.8 Å². The highest BCUT2D eigenvalue weighted by molar-refractivity contribution is 7.18. The second-order valence-electron chi connectivity index (χ2n) is 15.8. The SMILES string of the molecule is C=Cc1ccc(-c2ccc(-c3ccc(-c4ccc5c(c4)C(CCC)(CCC)c4cc(-c6ccc(C)s6)ccc4-5)s3)cc2)cc1.C=Cc1ccc(-c2ccc(C)cc2)cc1. The van der Waals surface area contributed by atoms with Crippen molar-refractivity contribution in [2.75, 3.05) is 0 Å². The van der Waals surface area contributed by atoms with Crippen molar-refractivity contribution in [3.05, 3.63) is 204 Å². The number of hydrogen-bond acceptors (Lipinski definition) is 2. The van der Waals surface area contributed by atoms with E-state index in [-0.39, 0.29) is 5.41 Å². The minimum absolute atomic E-state index is 0.0618. The fourth-order valence-electron chi connectivity index (χ4n) is 8.75. The van der Waals surface area contributed by atoms with Crippen LogP contribution in [0.3, 0.4) is 0 Å². The van der Waals surface area contributed by atoms with Gasteiger partial charge in [0, 0.05) is 24.9 Å². The summed E-state index contributed by atoms with van der Waals surface area (Å²) in [5.74, 6) is 0. The zero-order valence-corrected chi connectivity index (χ0v) is 36.4. The quantitative estimate of drug-likeness (QED) is 0.122. The Kier molecular flexibility index (Phi) is 11.9. The fourth-order valence-corrected chi connectivity index (χ4v) is 10.6. The highest BCUT2D eigenvalue weighted by Crippen LogP contribution is 2.55. The van der Waals surface area contributed by atoms with Crippen LogP contribution in [-0.4, -0.2) is 0 Å². The Morgan fingerprint density at radius 1 is 0.424 bits per heavy atom.